The second kappa shape index (κ2) is 9.73. The van der Waals surface area contributed by atoms with Gasteiger partial charge in [-0.2, -0.15) is 0 Å². The smallest absolute Gasteiger partial charge is 0.269 e. The standard InChI is InChI=1S/C28H29N5O3/c1-18(2)16-24(34)32-14-12-19(13-15-32)23-17-30-33-26(27(29)35)25(31-28(23)33)20-8-10-22(11-9-20)36-21-6-4-3-5-7-21/h3-11,16-17,19,30H,12-15H2,1-2H3,(H2,29,35). The molecular weight excluding hydrogens is 454 g/mol. The highest BCUT2D eigenvalue weighted by Crippen LogP contribution is 2.34. The zero-order valence-electron chi connectivity index (χ0n) is 20.4. The highest BCUT2D eigenvalue weighted by Gasteiger charge is 2.28. The highest BCUT2D eigenvalue weighted by molar-refractivity contribution is 5.98. The molecule has 2 aromatic carbocycles. The number of H-pyrrole nitrogens is 1. The summed E-state index contributed by atoms with van der Waals surface area (Å²) < 4.78 is 7.55. The first-order valence-corrected chi connectivity index (χ1v) is 12.1. The Morgan fingerprint density at radius 3 is 2.33 bits per heavy atom. The van der Waals surface area contributed by atoms with Gasteiger partial charge in [0.15, 0.2) is 11.3 Å². The number of carbonyl (C=O) groups excluding carboxylic acids is 2. The van der Waals surface area contributed by atoms with E-state index in [0.29, 0.717) is 35.9 Å². The number of fused-ring (bicyclic) bond motifs is 1. The van der Waals surface area contributed by atoms with E-state index in [9.17, 15) is 9.59 Å². The molecule has 1 aliphatic rings. The van der Waals surface area contributed by atoms with Gasteiger partial charge < -0.3 is 15.4 Å². The van der Waals surface area contributed by atoms with Crippen LogP contribution in [0.3, 0.4) is 0 Å². The molecule has 8 nitrogen and oxygen atoms in total. The molecule has 1 fully saturated rings. The van der Waals surface area contributed by atoms with Gasteiger partial charge >= 0.3 is 0 Å². The highest BCUT2D eigenvalue weighted by atomic mass is 16.5. The molecule has 8 heteroatoms. The van der Waals surface area contributed by atoms with Crippen molar-refractivity contribution in [3.05, 3.63) is 83.7 Å². The third kappa shape index (κ3) is 4.62. The third-order valence-corrected chi connectivity index (χ3v) is 6.48. The molecule has 3 N–H and O–H groups in total. The fourth-order valence-electron chi connectivity index (χ4n) is 4.72. The first-order valence-electron chi connectivity index (χ1n) is 12.1. The number of benzene rings is 2. The number of nitrogens with two attached hydrogens (primary N) is 1. The number of nitrogens with zero attached hydrogens (tertiary/aromatic N) is 3. The average molecular weight is 484 g/mol. The average Bonchev–Trinajstić information content (AvgIpc) is 3.44. The molecule has 3 heterocycles. The molecule has 0 saturated carbocycles. The lowest BCUT2D eigenvalue weighted by Gasteiger charge is -2.31. The van der Waals surface area contributed by atoms with E-state index in [-0.39, 0.29) is 11.8 Å². The van der Waals surface area contributed by atoms with Crippen molar-refractivity contribution in [1.82, 2.24) is 19.5 Å². The number of nitrogens with one attached hydrogen (secondary N) is 1. The molecule has 2 amide bonds. The van der Waals surface area contributed by atoms with Crippen LogP contribution in [-0.4, -0.2) is 44.4 Å². The lowest BCUT2D eigenvalue weighted by molar-refractivity contribution is -0.127. The minimum Gasteiger partial charge on any atom is -0.457 e. The zero-order chi connectivity index (χ0) is 25.2. The number of para-hydroxylation sites is 1. The summed E-state index contributed by atoms with van der Waals surface area (Å²) >= 11 is 0. The van der Waals surface area contributed by atoms with Gasteiger partial charge in [-0.3, -0.25) is 14.7 Å². The quantitative estimate of drug-likeness (QED) is 0.381. The fourth-order valence-corrected chi connectivity index (χ4v) is 4.72. The first kappa shape index (κ1) is 23.4. The SMILES string of the molecule is CC(C)=CC(=O)N1CCC(c2c[nH]n3c(C(N)=O)c(-c4ccc(Oc5ccccc5)cc4)nc23)CC1. The molecule has 0 unspecified atom stereocenters. The number of carbonyl (C=O) groups is 2. The molecule has 36 heavy (non-hydrogen) atoms. The van der Waals surface area contributed by atoms with E-state index in [1.54, 1.807) is 10.6 Å². The molecule has 2 aromatic heterocycles. The fraction of sp³-hybridized carbons (Fsp3) is 0.250. The zero-order valence-corrected chi connectivity index (χ0v) is 20.4. The van der Waals surface area contributed by atoms with Crippen LogP contribution in [0.5, 0.6) is 11.5 Å². The van der Waals surface area contributed by atoms with Gasteiger partial charge in [-0.05, 0) is 69.0 Å². The molecule has 0 radical (unpaired) electrons. The van der Waals surface area contributed by atoms with Crippen LogP contribution in [-0.2, 0) is 4.79 Å². The second-order valence-electron chi connectivity index (χ2n) is 9.32. The monoisotopic (exact) mass is 483 g/mol. The van der Waals surface area contributed by atoms with Crippen molar-refractivity contribution in [2.45, 2.75) is 32.6 Å². The Labute approximate surface area is 209 Å². The molecular formula is C28H29N5O3. The maximum atomic E-state index is 12.4. The Morgan fingerprint density at radius 1 is 1.03 bits per heavy atom. The van der Waals surface area contributed by atoms with Crippen LogP contribution >= 0.6 is 0 Å². The van der Waals surface area contributed by atoms with E-state index >= 15 is 0 Å². The van der Waals surface area contributed by atoms with Crippen molar-refractivity contribution in [2.24, 2.45) is 5.73 Å². The number of aromatic nitrogens is 3. The predicted octanol–water partition coefficient (Wildman–Crippen LogP) is 4.89. The number of likely N-dealkylation sites (tertiary alicyclic amines) is 1. The predicted molar refractivity (Wildman–Crippen MR) is 138 cm³/mol. The Balaban J connectivity index is 1.40. The van der Waals surface area contributed by atoms with Gasteiger partial charge in [-0.25, -0.2) is 9.50 Å². The number of primary amides is 1. The van der Waals surface area contributed by atoms with E-state index in [1.165, 1.54) is 0 Å². The number of allylic oxidation sites excluding steroid dienone is 1. The van der Waals surface area contributed by atoms with Crippen LogP contribution in [0.25, 0.3) is 16.9 Å². The summed E-state index contributed by atoms with van der Waals surface area (Å²) in [7, 11) is 0. The molecule has 0 bridgehead atoms. The first-order chi connectivity index (χ1) is 17.4. The molecule has 4 aromatic rings. The van der Waals surface area contributed by atoms with Crippen molar-refractivity contribution < 1.29 is 14.3 Å². The maximum Gasteiger partial charge on any atom is 0.269 e. The molecule has 0 aliphatic carbocycles. The molecule has 1 saturated heterocycles. The van der Waals surface area contributed by atoms with Gasteiger partial charge in [0, 0.05) is 36.5 Å². The van der Waals surface area contributed by atoms with Gasteiger partial charge in [0.1, 0.15) is 17.2 Å². The van der Waals surface area contributed by atoms with Gasteiger partial charge in [0.05, 0.1) is 0 Å². The van der Waals surface area contributed by atoms with E-state index in [0.717, 1.165) is 35.3 Å². The lowest BCUT2D eigenvalue weighted by atomic mass is 9.91. The van der Waals surface area contributed by atoms with Crippen LogP contribution in [0.15, 0.2) is 72.4 Å². The number of rotatable bonds is 6. The van der Waals surface area contributed by atoms with Crippen molar-refractivity contribution in [2.75, 3.05) is 13.1 Å². The maximum absolute atomic E-state index is 12.4. The van der Waals surface area contributed by atoms with Crippen LogP contribution < -0.4 is 10.5 Å². The van der Waals surface area contributed by atoms with Gasteiger partial charge in [-0.1, -0.05) is 23.8 Å². The normalized spacial score (nSPS) is 14.1. The van der Waals surface area contributed by atoms with Crippen molar-refractivity contribution in [1.29, 1.82) is 0 Å². The number of hydrogen-bond acceptors (Lipinski definition) is 4. The summed E-state index contributed by atoms with van der Waals surface area (Å²) in [6.07, 6.45) is 5.24. The Bertz CT molecular complexity index is 1420. The topological polar surface area (TPSA) is 106 Å². The van der Waals surface area contributed by atoms with Crippen LogP contribution in [0, 0.1) is 0 Å². The molecule has 1 aliphatic heterocycles. The van der Waals surface area contributed by atoms with Crippen LogP contribution in [0.2, 0.25) is 0 Å². The number of hydrogen-bond donors (Lipinski definition) is 2. The van der Waals surface area contributed by atoms with E-state index < -0.39 is 5.91 Å². The van der Waals surface area contributed by atoms with Crippen LogP contribution in [0.1, 0.15) is 48.7 Å². The van der Waals surface area contributed by atoms with Gasteiger partial charge in [0.25, 0.3) is 5.91 Å². The Hall–Kier alpha value is -4.33. The summed E-state index contributed by atoms with van der Waals surface area (Å²) in [4.78, 5) is 31.6. The lowest BCUT2D eigenvalue weighted by Crippen LogP contribution is -2.37. The van der Waals surface area contributed by atoms with E-state index in [4.69, 9.17) is 15.5 Å². The Morgan fingerprint density at radius 2 is 1.69 bits per heavy atom. The van der Waals surface area contributed by atoms with Gasteiger partial charge in [-0.15, -0.1) is 0 Å². The van der Waals surface area contributed by atoms with Crippen molar-refractivity contribution in [3.63, 3.8) is 0 Å². The minimum atomic E-state index is -0.558. The number of ether oxygens (including phenoxy) is 1. The van der Waals surface area contributed by atoms with E-state index in [2.05, 4.69) is 5.10 Å². The van der Waals surface area contributed by atoms with Crippen molar-refractivity contribution in [3.8, 4) is 22.8 Å². The summed E-state index contributed by atoms with van der Waals surface area (Å²) in [6, 6.07) is 17.0. The summed E-state index contributed by atoms with van der Waals surface area (Å²) in [5.41, 5.74) is 10.1. The summed E-state index contributed by atoms with van der Waals surface area (Å²) in [5.74, 6) is 1.17. The van der Waals surface area contributed by atoms with Gasteiger partial charge in [0.2, 0.25) is 5.91 Å². The Kier molecular flexibility index (Phi) is 6.33. The number of piperidine rings is 1. The molecule has 0 atom stereocenters. The number of aromatic amines is 1. The molecule has 5 rings (SSSR count). The number of amides is 2. The van der Waals surface area contributed by atoms with E-state index in [1.807, 2.05) is 79.5 Å². The second-order valence-corrected chi connectivity index (χ2v) is 9.32. The molecule has 184 valence electrons. The molecule has 0 spiro atoms. The largest absolute Gasteiger partial charge is 0.457 e. The van der Waals surface area contributed by atoms with Crippen LogP contribution in [0.4, 0.5) is 0 Å². The summed E-state index contributed by atoms with van der Waals surface area (Å²) in [5, 5.41) is 3.17. The van der Waals surface area contributed by atoms with Crippen molar-refractivity contribution >= 4 is 17.5 Å². The third-order valence-electron chi connectivity index (χ3n) is 6.48. The summed E-state index contributed by atoms with van der Waals surface area (Å²) in [6.45, 7) is 5.22. The number of imidazole rings is 1. The minimum absolute atomic E-state index is 0.0615.